The second-order valence-electron chi connectivity index (χ2n) is 6.58. The maximum Gasteiger partial charge on any atom is 0.221 e. The van der Waals surface area contributed by atoms with Crippen molar-refractivity contribution in [1.29, 1.82) is 0 Å². The largest absolute Gasteiger partial charge is 0.307 e. The summed E-state index contributed by atoms with van der Waals surface area (Å²) in [6.07, 6.45) is 13.2. The van der Waals surface area contributed by atoms with E-state index in [4.69, 9.17) is 4.99 Å². The zero-order chi connectivity index (χ0) is 17.1. The molecule has 0 bridgehead atoms. The first-order valence-corrected chi connectivity index (χ1v) is 9.39. The van der Waals surface area contributed by atoms with Gasteiger partial charge < -0.3 is 5.32 Å². The third-order valence-electron chi connectivity index (χ3n) is 4.95. The Balaban J connectivity index is 2.39. The fourth-order valence-corrected chi connectivity index (χ4v) is 3.56. The van der Waals surface area contributed by atoms with Crippen LogP contribution in [0.2, 0.25) is 0 Å². The number of carbonyl (C=O) groups excluding carboxylic acids is 1. The van der Waals surface area contributed by atoms with Crippen molar-refractivity contribution in [2.75, 3.05) is 19.6 Å². The van der Waals surface area contributed by atoms with Crippen LogP contribution in [-0.2, 0) is 4.79 Å². The molecule has 0 aromatic rings. The van der Waals surface area contributed by atoms with Gasteiger partial charge in [-0.2, -0.15) is 0 Å². The third kappa shape index (κ3) is 6.09. The molecule has 2 unspecified atom stereocenters. The molecule has 1 rings (SSSR count). The number of quaternary nitrogens is 1. The smallest absolute Gasteiger partial charge is 0.221 e. The first-order valence-electron chi connectivity index (χ1n) is 9.39. The number of nitrogens with zero attached hydrogens (tertiary/aromatic N) is 2. The number of aliphatic imine (C=N–C) groups is 1. The molecule has 0 saturated heterocycles. The molecule has 1 aliphatic heterocycles. The summed E-state index contributed by atoms with van der Waals surface area (Å²) in [6, 6.07) is 0. The molecular weight excluding hydrogens is 286 g/mol. The Hall–Kier alpha value is -1.16. The van der Waals surface area contributed by atoms with E-state index in [1.165, 1.54) is 37.9 Å². The molecule has 1 N–H and O–H groups in total. The SMILES string of the molecule is CC/C=C/CCCCCCC1=NCC[N+]1(CC)C(C)NC(C)=O. The summed E-state index contributed by atoms with van der Waals surface area (Å²) < 4.78 is 0.846. The Labute approximate surface area is 142 Å². The summed E-state index contributed by atoms with van der Waals surface area (Å²) >= 11 is 0. The molecule has 0 radical (unpaired) electrons. The van der Waals surface area contributed by atoms with Crippen LogP contribution in [0.15, 0.2) is 17.1 Å². The Kier molecular flexibility index (Phi) is 9.15. The lowest BCUT2D eigenvalue weighted by atomic mass is 10.1. The van der Waals surface area contributed by atoms with Crippen LogP contribution >= 0.6 is 0 Å². The third-order valence-corrected chi connectivity index (χ3v) is 4.95. The molecule has 1 amide bonds. The number of amidine groups is 1. The van der Waals surface area contributed by atoms with Gasteiger partial charge in [-0.1, -0.05) is 31.9 Å². The first kappa shape index (κ1) is 19.9. The Morgan fingerprint density at radius 1 is 1.26 bits per heavy atom. The Morgan fingerprint density at radius 3 is 2.65 bits per heavy atom. The summed E-state index contributed by atoms with van der Waals surface area (Å²) in [4.78, 5) is 16.2. The van der Waals surface area contributed by atoms with Crippen molar-refractivity contribution in [2.24, 2.45) is 4.99 Å². The summed E-state index contributed by atoms with van der Waals surface area (Å²) in [5, 5.41) is 3.08. The van der Waals surface area contributed by atoms with Gasteiger partial charge in [-0.15, -0.1) is 0 Å². The van der Waals surface area contributed by atoms with E-state index in [0.29, 0.717) is 0 Å². The second kappa shape index (κ2) is 10.6. The second-order valence-corrected chi connectivity index (χ2v) is 6.58. The lowest BCUT2D eigenvalue weighted by Crippen LogP contribution is -2.62. The van der Waals surface area contributed by atoms with Crippen LogP contribution < -0.4 is 5.32 Å². The average Bonchev–Trinajstić information content (AvgIpc) is 2.93. The molecule has 4 heteroatoms. The number of unbranched alkanes of at least 4 members (excludes halogenated alkanes) is 4. The van der Waals surface area contributed by atoms with E-state index < -0.39 is 0 Å². The molecule has 0 spiro atoms. The summed E-state index contributed by atoms with van der Waals surface area (Å²) in [6.45, 7) is 11.0. The summed E-state index contributed by atoms with van der Waals surface area (Å²) in [5.41, 5.74) is 0. The molecule has 0 fully saturated rings. The van der Waals surface area contributed by atoms with Crippen LogP contribution in [0.3, 0.4) is 0 Å². The average molecular weight is 323 g/mol. The zero-order valence-corrected chi connectivity index (χ0v) is 15.6. The van der Waals surface area contributed by atoms with Crippen molar-refractivity contribution in [2.45, 2.75) is 78.8 Å². The van der Waals surface area contributed by atoms with Crippen LogP contribution in [0.1, 0.15) is 72.6 Å². The number of hydrogen-bond acceptors (Lipinski definition) is 2. The summed E-state index contributed by atoms with van der Waals surface area (Å²) in [5.74, 6) is 1.34. The number of carbonyl (C=O) groups is 1. The van der Waals surface area contributed by atoms with Crippen molar-refractivity contribution < 1.29 is 9.28 Å². The van der Waals surface area contributed by atoms with E-state index in [-0.39, 0.29) is 12.1 Å². The lowest BCUT2D eigenvalue weighted by molar-refractivity contribution is -0.861. The van der Waals surface area contributed by atoms with Crippen LogP contribution in [0, 0.1) is 0 Å². The number of hydrogen-bond donors (Lipinski definition) is 1. The number of likely N-dealkylation sites (N-methyl/N-ethyl adjacent to an activating group) is 1. The highest BCUT2D eigenvalue weighted by molar-refractivity contribution is 5.78. The highest BCUT2D eigenvalue weighted by Gasteiger charge is 2.41. The molecule has 1 aliphatic rings. The first-order chi connectivity index (χ1) is 11.1. The number of amides is 1. The Bertz CT molecular complexity index is 417. The normalized spacial score (nSPS) is 22.3. The minimum atomic E-state index is 0.0508. The minimum Gasteiger partial charge on any atom is -0.307 e. The fraction of sp³-hybridized carbons (Fsp3) is 0.789. The highest BCUT2D eigenvalue weighted by Crippen LogP contribution is 2.23. The van der Waals surface area contributed by atoms with Crippen molar-refractivity contribution >= 4 is 11.7 Å². The van der Waals surface area contributed by atoms with E-state index in [0.717, 1.165) is 37.0 Å². The standard InChI is InChI=1S/C19H35N3O/c1-5-7-8-9-10-11-12-13-14-19-20-15-16-22(19,6-2)17(3)21-18(4)23/h7-8,17H,5-6,9-16H2,1-4H3/p+1/b8-7+. The van der Waals surface area contributed by atoms with Crippen LogP contribution in [-0.4, -0.2) is 42.0 Å². The van der Waals surface area contributed by atoms with Gasteiger partial charge in [-0.05, 0) is 32.6 Å². The van der Waals surface area contributed by atoms with E-state index in [1.54, 1.807) is 6.92 Å². The van der Waals surface area contributed by atoms with Crippen LogP contribution in [0.25, 0.3) is 0 Å². The molecule has 4 nitrogen and oxygen atoms in total. The van der Waals surface area contributed by atoms with Crippen molar-refractivity contribution in [3.8, 4) is 0 Å². The predicted octanol–water partition coefficient (Wildman–Crippen LogP) is 4.02. The molecule has 2 atom stereocenters. The quantitative estimate of drug-likeness (QED) is 0.348. The Morgan fingerprint density at radius 2 is 2.00 bits per heavy atom. The van der Waals surface area contributed by atoms with Gasteiger partial charge in [0.1, 0.15) is 6.54 Å². The molecule has 1 heterocycles. The molecular formula is C19H36N3O+. The van der Waals surface area contributed by atoms with Gasteiger partial charge in [0.15, 0.2) is 12.0 Å². The van der Waals surface area contributed by atoms with Gasteiger partial charge in [0.2, 0.25) is 5.91 Å². The predicted molar refractivity (Wildman–Crippen MR) is 98.4 cm³/mol. The zero-order valence-electron chi connectivity index (χ0n) is 15.6. The van der Waals surface area contributed by atoms with Crippen LogP contribution in [0.5, 0.6) is 0 Å². The van der Waals surface area contributed by atoms with Gasteiger partial charge in [0.05, 0.1) is 13.1 Å². The van der Waals surface area contributed by atoms with Gasteiger partial charge in [-0.3, -0.25) is 9.28 Å². The highest BCUT2D eigenvalue weighted by atomic mass is 16.1. The van der Waals surface area contributed by atoms with E-state index in [9.17, 15) is 4.79 Å². The van der Waals surface area contributed by atoms with E-state index in [1.807, 2.05) is 0 Å². The maximum atomic E-state index is 11.4. The summed E-state index contributed by atoms with van der Waals surface area (Å²) in [7, 11) is 0. The van der Waals surface area contributed by atoms with E-state index >= 15 is 0 Å². The molecule has 0 aromatic carbocycles. The van der Waals surface area contributed by atoms with Gasteiger partial charge in [-0.25, -0.2) is 4.99 Å². The van der Waals surface area contributed by atoms with Gasteiger partial charge in [0.25, 0.3) is 0 Å². The van der Waals surface area contributed by atoms with Crippen molar-refractivity contribution in [3.05, 3.63) is 12.2 Å². The molecule has 132 valence electrons. The number of nitrogens with one attached hydrogen (secondary N) is 1. The number of allylic oxidation sites excluding steroid dienone is 2. The molecule has 0 aliphatic carbocycles. The topological polar surface area (TPSA) is 41.5 Å². The molecule has 0 saturated carbocycles. The van der Waals surface area contributed by atoms with E-state index in [2.05, 4.69) is 38.2 Å². The van der Waals surface area contributed by atoms with Gasteiger partial charge >= 0.3 is 0 Å². The molecule has 0 aromatic heterocycles. The monoisotopic (exact) mass is 322 g/mol. The molecule has 23 heavy (non-hydrogen) atoms. The minimum absolute atomic E-state index is 0.0508. The van der Waals surface area contributed by atoms with Crippen molar-refractivity contribution in [3.63, 3.8) is 0 Å². The fourth-order valence-electron chi connectivity index (χ4n) is 3.56. The van der Waals surface area contributed by atoms with Crippen LogP contribution in [0.4, 0.5) is 0 Å². The lowest BCUT2D eigenvalue weighted by Gasteiger charge is -2.39. The number of rotatable bonds is 11. The van der Waals surface area contributed by atoms with Crippen molar-refractivity contribution in [1.82, 2.24) is 5.32 Å². The maximum absolute atomic E-state index is 11.4. The van der Waals surface area contributed by atoms with Gasteiger partial charge in [0, 0.05) is 20.3 Å².